The van der Waals surface area contributed by atoms with Crippen molar-refractivity contribution in [3.63, 3.8) is 0 Å². The van der Waals surface area contributed by atoms with Crippen molar-refractivity contribution in [2.24, 2.45) is 5.92 Å². The number of hydrogen-bond donors (Lipinski definition) is 1. The number of likely N-dealkylation sites (tertiary alicyclic amines) is 1. The first-order chi connectivity index (χ1) is 12.8. The highest BCUT2D eigenvalue weighted by molar-refractivity contribution is 7.99. The summed E-state index contributed by atoms with van der Waals surface area (Å²) < 4.78 is 5.70. The van der Waals surface area contributed by atoms with Crippen molar-refractivity contribution in [3.8, 4) is 0 Å². The van der Waals surface area contributed by atoms with Gasteiger partial charge in [-0.3, -0.25) is 14.5 Å². The molecule has 0 aromatic rings. The van der Waals surface area contributed by atoms with Crippen LogP contribution >= 0.6 is 11.8 Å². The molecule has 1 heterocycles. The summed E-state index contributed by atoms with van der Waals surface area (Å²) in [6.07, 6.45) is 5.62. The van der Waals surface area contributed by atoms with Gasteiger partial charge in [-0.05, 0) is 45.5 Å². The highest BCUT2D eigenvalue weighted by atomic mass is 32.2. The molecule has 0 saturated carbocycles. The van der Waals surface area contributed by atoms with Gasteiger partial charge < -0.3 is 15.0 Å². The van der Waals surface area contributed by atoms with Crippen LogP contribution < -0.4 is 5.32 Å². The minimum absolute atomic E-state index is 0.0328. The molecule has 0 aromatic carbocycles. The molecule has 6 nitrogen and oxygen atoms in total. The van der Waals surface area contributed by atoms with Gasteiger partial charge in [-0.2, -0.15) is 0 Å². The number of nitrogens with one attached hydrogen (secondary N) is 1. The van der Waals surface area contributed by atoms with Crippen LogP contribution in [0.2, 0.25) is 0 Å². The SMILES string of the molecule is CCNC(=O)CC(OC)C(C(C)CC)N(C)C(=O)CC1(SC)CCCN1C. The lowest BCUT2D eigenvalue weighted by atomic mass is 9.90. The van der Waals surface area contributed by atoms with Crippen LogP contribution in [0.4, 0.5) is 0 Å². The Morgan fingerprint density at radius 3 is 2.48 bits per heavy atom. The van der Waals surface area contributed by atoms with Crippen molar-refractivity contribution in [2.45, 2.75) is 69.9 Å². The molecule has 0 radical (unpaired) electrons. The number of carbonyl (C=O) groups excluding carboxylic acids is 2. The zero-order valence-electron chi connectivity index (χ0n) is 18.2. The first-order valence-corrected chi connectivity index (χ1v) is 11.3. The Morgan fingerprint density at radius 1 is 1.37 bits per heavy atom. The highest BCUT2D eigenvalue weighted by Crippen LogP contribution is 2.40. The van der Waals surface area contributed by atoms with E-state index in [0.717, 1.165) is 25.8 Å². The summed E-state index contributed by atoms with van der Waals surface area (Å²) in [5.74, 6) is 0.334. The van der Waals surface area contributed by atoms with Crippen LogP contribution in [0.5, 0.6) is 0 Å². The fraction of sp³-hybridized carbons (Fsp3) is 0.900. The fourth-order valence-corrected chi connectivity index (χ4v) is 5.12. The van der Waals surface area contributed by atoms with Gasteiger partial charge >= 0.3 is 0 Å². The Morgan fingerprint density at radius 2 is 2.04 bits per heavy atom. The number of ether oxygens (including phenoxy) is 1. The van der Waals surface area contributed by atoms with Gasteiger partial charge in [0.15, 0.2) is 0 Å². The Hall–Kier alpha value is -0.790. The van der Waals surface area contributed by atoms with Crippen molar-refractivity contribution in [3.05, 3.63) is 0 Å². The number of likely N-dealkylation sites (N-methyl/N-ethyl adjacent to an activating group) is 1. The minimum Gasteiger partial charge on any atom is -0.379 e. The quantitative estimate of drug-likeness (QED) is 0.577. The average Bonchev–Trinajstić information content (AvgIpc) is 3.01. The van der Waals surface area contributed by atoms with Gasteiger partial charge in [0, 0.05) is 20.7 Å². The molecule has 1 aliphatic heterocycles. The van der Waals surface area contributed by atoms with E-state index in [1.165, 1.54) is 0 Å². The van der Waals surface area contributed by atoms with Gasteiger partial charge in [0.05, 0.1) is 29.9 Å². The minimum atomic E-state index is -0.313. The molecular weight excluding hydrogens is 362 g/mol. The van der Waals surface area contributed by atoms with Crippen LogP contribution in [-0.2, 0) is 14.3 Å². The van der Waals surface area contributed by atoms with Crippen molar-refractivity contribution >= 4 is 23.6 Å². The number of amides is 2. The van der Waals surface area contributed by atoms with E-state index in [2.05, 4.69) is 37.4 Å². The average molecular weight is 402 g/mol. The molecule has 0 aromatic heterocycles. The zero-order valence-corrected chi connectivity index (χ0v) is 19.0. The second kappa shape index (κ2) is 11.3. The topological polar surface area (TPSA) is 61.9 Å². The summed E-state index contributed by atoms with van der Waals surface area (Å²) in [6.45, 7) is 7.78. The van der Waals surface area contributed by atoms with E-state index in [1.54, 1.807) is 18.9 Å². The maximum absolute atomic E-state index is 13.2. The Balaban J connectivity index is 2.97. The van der Waals surface area contributed by atoms with E-state index in [1.807, 2.05) is 18.9 Å². The van der Waals surface area contributed by atoms with E-state index in [4.69, 9.17) is 4.74 Å². The standard InChI is InChI=1S/C20H39N3O3S/c1-8-15(3)19(16(26-6)13-17(24)21-9-2)23(5)18(25)14-20(27-7)11-10-12-22(20)4/h15-16,19H,8-14H2,1-7H3,(H,21,24). The van der Waals surface area contributed by atoms with Crippen LogP contribution in [0.1, 0.15) is 52.9 Å². The second-order valence-electron chi connectivity index (χ2n) is 7.66. The summed E-state index contributed by atoms with van der Waals surface area (Å²) >= 11 is 1.77. The lowest BCUT2D eigenvalue weighted by Crippen LogP contribution is -2.52. The van der Waals surface area contributed by atoms with Gasteiger partial charge in [-0.25, -0.2) is 0 Å². The summed E-state index contributed by atoms with van der Waals surface area (Å²) in [7, 11) is 5.60. The fourth-order valence-electron chi connectivity index (χ4n) is 4.10. The first kappa shape index (κ1) is 24.2. The summed E-state index contributed by atoms with van der Waals surface area (Å²) in [4.78, 5) is 29.4. The monoisotopic (exact) mass is 401 g/mol. The number of thioether (sulfide) groups is 1. The number of rotatable bonds is 11. The zero-order chi connectivity index (χ0) is 20.6. The van der Waals surface area contributed by atoms with Gasteiger partial charge in [-0.1, -0.05) is 20.3 Å². The molecule has 27 heavy (non-hydrogen) atoms. The molecule has 1 rings (SSSR count). The van der Waals surface area contributed by atoms with Crippen LogP contribution in [0.3, 0.4) is 0 Å². The van der Waals surface area contributed by atoms with Crippen molar-refractivity contribution in [1.82, 2.24) is 15.1 Å². The van der Waals surface area contributed by atoms with Gasteiger partial charge in [-0.15, -0.1) is 11.8 Å². The van der Waals surface area contributed by atoms with E-state index >= 15 is 0 Å². The number of methoxy groups -OCH3 is 1. The molecule has 4 unspecified atom stereocenters. The van der Waals surface area contributed by atoms with E-state index in [0.29, 0.717) is 13.0 Å². The number of nitrogens with zero attached hydrogens (tertiary/aromatic N) is 2. The normalized spacial score (nSPS) is 23.7. The maximum atomic E-state index is 13.2. The summed E-state index contributed by atoms with van der Waals surface area (Å²) in [5, 5.41) is 2.84. The molecule has 2 amide bonds. The predicted molar refractivity (Wildman–Crippen MR) is 113 cm³/mol. The van der Waals surface area contributed by atoms with E-state index < -0.39 is 0 Å². The molecule has 0 spiro atoms. The molecule has 4 atom stereocenters. The van der Waals surface area contributed by atoms with Crippen LogP contribution in [0, 0.1) is 5.92 Å². The van der Waals surface area contributed by atoms with Crippen molar-refractivity contribution in [1.29, 1.82) is 0 Å². The van der Waals surface area contributed by atoms with Crippen LogP contribution in [0.25, 0.3) is 0 Å². The molecule has 1 N–H and O–H groups in total. The molecule has 1 saturated heterocycles. The van der Waals surface area contributed by atoms with Gasteiger partial charge in [0.1, 0.15) is 0 Å². The van der Waals surface area contributed by atoms with Crippen molar-refractivity contribution in [2.75, 3.05) is 40.6 Å². The first-order valence-electron chi connectivity index (χ1n) is 10.1. The molecule has 0 aliphatic carbocycles. The Bertz CT molecular complexity index is 491. The predicted octanol–water partition coefficient (Wildman–Crippen LogP) is 2.58. The molecule has 158 valence electrons. The second-order valence-corrected chi connectivity index (χ2v) is 8.83. The third kappa shape index (κ3) is 6.09. The summed E-state index contributed by atoms with van der Waals surface area (Å²) in [6, 6.07) is -0.124. The third-order valence-corrected chi connectivity index (χ3v) is 7.50. The van der Waals surface area contributed by atoms with Crippen LogP contribution in [0.15, 0.2) is 0 Å². The summed E-state index contributed by atoms with van der Waals surface area (Å²) in [5.41, 5.74) is 0. The molecule has 0 bridgehead atoms. The lowest BCUT2D eigenvalue weighted by molar-refractivity contribution is -0.140. The molecule has 7 heteroatoms. The van der Waals surface area contributed by atoms with E-state index in [-0.39, 0.29) is 41.2 Å². The molecular formula is C20H39N3O3S. The largest absolute Gasteiger partial charge is 0.379 e. The number of carbonyl (C=O) groups is 2. The smallest absolute Gasteiger partial charge is 0.225 e. The molecule has 1 fully saturated rings. The van der Waals surface area contributed by atoms with Crippen molar-refractivity contribution < 1.29 is 14.3 Å². The maximum Gasteiger partial charge on any atom is 0.225 e. The Labute approximate surface area is 169 Å². The van der Waals surface area contributed by atoms with Gasteiger partial charge in [0.2, 0.25) is 11.8 Å². The third-order valence-electron chi connectivity index (χ3n) is 6.08. The Kier molecular flexibility index (Phi) is 10.1. The molecule has 1 aliphatic rings. The van der Waals surface area contributed by atoms with Crippen LogP contribution in [-0.4, -0.2) is 79.2 Å². The lowest BCUT2D eigenvalue weighted by Gasteiger charge is -2.40. The highest BCUT2D eigenvalue weighted by Gasteiger charge is 2.42. The van der Waals surface area contributed by atoms with Gasteiger partial charge in [0.25, 0.3) is 0 Å². The number of hydrogen-bond acceptors (Lipinski definition) is 5. The van der Waals surface area contributed by atoms with E-state index in [9.17, 15) is 9.59 Å².